The van der Waals surface area contributed by atoms with Crippen molar-refractivity contribution in [1.29, 1.82) is 0 Å². The lowest BCUT2D eigenvalue weighted by atomic mass is 9.89. The summed E-state index contributed by atoms with van der Waals surface area (Å²) < 4.78 is 12.5. The molecule has 3 saturated heterocycles. The van der Waals surface area contributed by atoms with Gasteiger partial charge in [-0.1, -0.05) is 128 Å². The van der Waals surface area contributed by atoms with Crippen LogP contribution in [0.25, 0.3) is 21.8 Å². The van der Waals surface area contributed by atoms with Gasteiger partial charge in [-0.05, 0) is 99.8 Å². The number of pyridine rings is 1. The Morgan fingerprint density at radius 3 is 2.01 bits per heavy atom. The zero-order valence-corrected chi connectivity index (χ0v) is 42.9. The lowest BCUT2D eigenvalue weighted by Gasteiger charge is -2.43. The molecule has 0 bridgehead atoms. The maximum atomic E-state index is 14.4. The number of para-hydroxylation sites is 1. The summed E-state index contributed by atoms with van der Waals surface area (Å²) in [4.78, 5) is 64.1. The highest BCUT2D eigenvalue weighted by molar-refractivity contribution is 5.88. The van der Waals surface area contributed by atoms with Crippen molar-refractivity contribution in [2.75, 3.05) is 66.0 Å². The fraction of sp³-hybridized carbons (Fsp3) is 0.661. The van der Waals surface area contributed by atoms with Crippen molar-refractivity contribution in [3.63, 3.8) is 0 Å². The number of hydrogen-bond acceptors (Lipinski definition) is 9. The molecule has 70 heavy (non-hydrogen) atoms. The second kappa shape index (κ2) is 27.6. The molecule has 14 nitrogen and oxygen atoms in total. The Kier molecular flexibility index (Phi) is 20.8. The first kappa shape index (κ1) is 52.9. The number of benzene rings is 2. The Morgan fingerprint density at radius 2 is 1.36 bits per heavy atom. The van der Waals surface area contributed by atoms with E-state index in [0.29, 0.717) is 69.2 Å². The van der Waals surface area contributed by atoms with Crippen LogP contribution in [-0.2, 0) is 27.4 Å². The van der Waals surface area contributed by atoms with Crippen LogP contribution in [0.5, 0.6) is 0 Å². The molecular weight excluding hydrogens is 881 g/mol. The number of ether oxygens (including phenoxy) is 2. The van der Waals surface area contributed by atoms with Gasteiger partial charge in [-0.3, -0.25) is 24.2 Å². The number of amides is 3. The third-order valence-corrected chi connectivity index (χ3v) is 15.5. The normalized spacial score (nSPS) is 17.1. The molecule has 0 spiro atoms. The van der Waals surface area contributed by atoms with Crippen molar-refractivity contribution in [3.8, 4) is 0 Å². The number of urea groups is 1. The minimum atomic E-state index is -0.773. The maximum Gasteiger partial charge on any atom is 0.510 e. The number of carbonyl (C=O) groups excluding carboxylic acids is 3. The topological polar surface area (TPSA) is 145 Å². The Balaban J connectivity index is 0.867. The van der Waals surface area contributed by atoms with Crippen LogP contribution in [0.1, 0.15) is 158 Å². The van der Waals surface area contributed by atoms with Gasteiger partial charge in [0.05, 0.1) is 23.8 Å². The van der Waals surface area contributed by atoms with E-state index in [2.05, 4.69) is 51.4 Å². The van der Waals surface area contributed by atoms with Crippen LogP contribution in [0, 0.1) is 6.92 Å². The third kappa shape index (κ3) is 15.3. The minimum Gasteiger partial charge on any atom is -0.434 e. The van der Waals surface area contributed by atoms with Gasteiger partial charge < -0.3 is 29.5 Å². The van der Waals surface area contributed by atoms with E-state index in [1.165, 1.54) is 88.0 Å². The second-order valence-corrected chi connectivity index (χ2v) is 20.7. The molecule has 2 N–H and O–H groups in total. The minimum absolute atomic E-state index is 0.0563. The average Bonchev–Trinajstić information content (AvgIpc) is 3.86. The number of unbranched alkanes of at least 4 members (excludes halogenated alkanes) is 15. The maximum absolute atomic E-state index is 14.4. The number of hydrogen-bond donors (Lipinski definition) is 2. The Labute approximate surface area is 417 Å². The molecule has 5 heterocycles. The first-order valence-electron chi connectivity index (χ1n) is 27.3. The van der Waals surface area contributed by atoms with Gasteiger partial charge in [-0.25, -0.2) is 9.59 Å². The molecule has 3 aliphatic heterocycles. The zero-order chi connectivity index (χ0) is 49.1. The molecule has 1 unspecified atom stereocenters. The first-order valence-corrected chi connectivity index (χ1v) is 27.3. The Morgan fingerprint density at radius 1 is 0.729 bits per heavy atom. The monoisotopic (exact) mass is 965 g/mol. The van der Waals surface area contributed by atoms with Crippen LogP contribution in [0.2, 0.25) is 0 Å². The van der Waals surface area contributed by atoms with E-state index in [9.17, 15) is 19.2 Å². The van der Waals surface area contributed by atoms with E-state index >= 15 is 0 Å². The van der Waals surface area contributed by atoms with Crippen molar-refractivity contribution in [3.05, 3.63) is 75.7 Å². The van der Waals surface area contributed by atoms with Gasteiger partial charge in [0.15, 0.2) is 6.73 Å². The van der Waals surface area contributed by atoms with E-state index < -0.39 is 12.2 Å². The predicted molar refractivity (Wildman–Crippen MR) is 279 cm³/mol. The van der Waals surface area contributed by atoms with Gasteiger partial charge in [0.2, 0.25) is 5.91 Å². The molecule has 2 aromatic carbocycles. The number of aromatic nitrogens is 3. The SMILES string of the molecule is CCCCCCCCCCCCCCCCCCOC(=O)OCn1c(=O)c(C2CCN(C(=O)NC(Cc3cc(C)c4[nH]ncc4c3)C(=O)N3CCN(C4CCN(C)CC4)CC3)CC2)cc2ccccc21. The molecular formula is C56H84N8O6. The molecule has 3 amide bonds. The fourth-order valence-electron chi connectivity index (χ4n) is 11.1. The fourth-order valence-corrected chi connectivity index (χ4v) is 11.1. The number of aryl methyl sites for hydroxylation is 1. The molecule has 7 rings (SSSR count). The number of likely N-dealkylation sites (tertiary alicyclic amines) is 2. The summed E-state index contributed by atoms with van der Waals surface area (Å²) in [5.74, 6) is -0.156. The quantitative estimate of drug-likeness (QED) is 0.0490. The summed E-state index contributed by atoms with van der Waals surface area (Å²) in [6.45, 7) is 10.4. The van der Waals surface area contributed by atoms with Gasteiger partial charge in [0, 0.05) is 62.7 Å². The van der Waals surface area contributed by atoms with Crippen molar-refractivity contribution >= 4 is 39.9 Å². The second-order valence-electron chi connectivity index (χ2n) is 20.7. The number of H-pyrrole nitrogens is 1. The summed E-state index contributed by atoms with van der Waals surface area (Å²) in [6, 6.07) is 13.2. The number of aromatic amines is 1. The van der Waals surface area contributed by atoms with Gasteiger partial charge >= 0.3 is 12.2 Å². The van der Waals surface area contributed by atoms with E-state index in [4.69, 9.17) is 9.47 Å². The first-order chi connectivity index (χ1) is 34.2. The summed E-state index contributed by atoms with van der Waals surface area (Å²) in [6.07, 6.45) is 25.3. The van der Waals surface area contributed by atoms with Crippen LogP contribution < -0.4 is 10.9 Å². The number of piperidine rings is 2. The highest BCUT2D eigenvalue weighted by Gasteiger charge is 2.34. The van der Waals surface area contributed by atoms with Gasteiger partial charge in [0.25, 0.3) is 5.56 Å². The van der Waals surface area contributed by atoms with Crippen molar-refractivity contribution in [1.82, 2.24) is 39.7 Å². The van der Waals surface area contributed by atoms with E-state index in [1.807, 2.05) is 42.2 Å². The standard InChI is InChI=1S/C56H84N8O6/c1-4-5-6-7-8-9-10-11-12-13-14-15-16-17-18-21-36-69-56(68)70-42-64-51-23-20-19-22-46(51)40-49(53(64)65)45-24-30-63(31-25-45)55(67)58-50(39-44-37-43(2)52-47(38-44)41-57-59-52)54(66)62-34-32-61(33-35-62)48-26-28-60(3)29-27-48/h19-20,22-23,37-38,40-41,45,48,50H,4-18,21,24-36,39,42H2,1-3H3,(H,57,59)(H,58,67). The molecule has 4 aromatic rings. The Hall–Kier alpha value is -4.95. The molecule has 384 valence electrons. The Bertz CT molecular complexity index is 2310. The summed E-state index contributed by atoms with van der Waals surface area (Å²) in [7, 11) is 2.18. The van der Waals surface area contributed by atoms with Crippen LogP contribution in [0.4, 0.5) is 9.59 Å². The average molecular weight is 965 g/mol. The zero-order valence-electron chi connectivity index (χ0n) is 42.9. The van der Waals surface area contributed by atoms with E-state index in [1.54, 1.807) is 11.1 Å². The van der Waals surface area contributed by atoms with Crippen LogP contribution in [0.15, 0.2) is 53.5 Å². The number of carbonyl (C=O) groups is 3. The molecule has 3 aliphatic rings. The number of rotatable bonds is 25. The third-order valence-electron chi connectivity index (χ3n) is 15.5. The summed E-state index contributed by atoms with van der Waals surface area (Å²) in [5, 5.41) is 12.3. The van der Waals surface area contributed by atoms with Gasteiger partial charge in [-0.2, -0.15) is 5.10 Å². The lowest BCUT2D eigenvalue weighted by molar-refractivity contribution is -0.135. The predicted octanol–water partition coefficient (Wildman–Crippen LogP) is 10.3. The molecule has 0 radical (unpaired) electrons. The van der Waals surface area contributed by atoms with Crippen molar-refractivity contribution < 1.29 is 23.9 Å². The van der Waals surface area contributed by atoms with Crippen molar-refractivity contribution in [2.45, 2.75) is 173 Å². The number of fused-ring (bicyclic) bond motifs is 2. The largest absolute Gasteiger partial charge is 0.510 e. The highest BCUT2D eigenvalue weighted by Crippen LogP contribution is 2.29. The molecule has 0 aliphatic carbocycles. The van der Waals surface area contributed by atoms with Gasteiger partial charge in [-0.15, -0.1) is 0 Å². The summed E-state index contributed by atoms with van der Waals surface area (Å²) >= 11 is 0. The van der Waals surface area contributed by atoms with E-state index in [0.717, 1.165) is 85.7 Å². The van der Waals surface area contributed by atoms with Crippen LogP contribution in [-0.4, -0.2) is 131 Å². The lowest BCUT2D eigenvalue weighted by Crippen LogP contribution is -2.59. The molecule has 1 atom stereocenters. The molecule has 3 fully saturated rings. The van der Waals surface area contributed by atoms with E-state index in [-0.39, 0.29) is 30.1 Å². The molecule has 2 aromatic heterocycles. The molecule has 14 heteroatoms. The van der Waals surface area contributed by atoms with Crippen molar-refractivity contribution in [2.24, 2.45) is 0 Å². The number of piperazine rings is 1. The number of nitrogens with zero attached hydrogens (tertiary/aromatic N) is 6. The smallest absolute Gasteiger partial charge is 0.434 e. The highest BCUT2D eigenvalue weighted by atomic mass is 16.7. The van der Waals surface area contributed by atoms with Crippen LogP contribution >= 0.6 is 0 Å². The number of nitrogens with one attached hydrogen (secondary N) is 2. The summed E-state index contributed by atoms with van der Waals surface area (Å²) in [5.41, 5.74) is 4.08. The van der Waals surface area contributed by atoms with Gasteiger partial charge in [0.1, 0.15) is 6.04 Å². The molecule has 0 saturated carbocycles. The van der Waals surface area contributed by atoms with Crippen LogP contribution in [0.3, 0.4) is 0 Å².